The normalized spacial score (nSPS) is 16.7. The lowest BCUT2D eigenvalue weighted by Crippen LogP contribution is -2.35. The van der Waals surface area contributed by atoms with Crippen molar-refractivity contribution in [3.63, 3.8) is 0 Å². The maximum absolute atomic E-state index is 12.9. The van der Waals surface area contributed by atoms with Crippen LogP contribution in [-0.4, -0.2) is 38.6 Å². The van der Waals surface area contributed by atoms with Crippen LogP contribution in [0.15, 0.2) is 76.3 Å². The molecule has 2 aliphatic rings. The minimum absolute atomic E-state index is 0.0190. The van der Waals surface area contributed by atoms with E-state index < -0.39 is 5.91 Å². The summed E-state index contributed by atoms with van der Waals surface area (Å²) < 4.78 is 7.61. The highest BCUT2D eigenvalue weighted by molar-refractivity contribution is 8.27. The Morgan fingerprint density at radius 2 is 1.79 bits per heavy atom. The highest BCUT2D eigenvalue weighted by atomic mass is 32.2. The smallest absolute Gasteiger partial charge is 0.283 e. The quantitative estimate of drug-likeness (QED) is 0.575. The van der Waals surface area contributed by atoms with E-state index in [2.05, 4.69) is 14.7 Å². The van der Waals surface area contributed by atoms with Crippen molar-refractivity contribution in [3.8, 4) is 11.4 Å². The van der Waals surface area contributed by atoms with E-state index in [0.717, 1.165) is 34.0 Å². The number of fused-ring (bicyclic) bond motifs is 1. The van der Waals surface area contributed by atoms with Crippen LogP contribution in [0.5, 0.6) is 5.75 Å². The van der Waals surface area contributed by atoms with Crippen LogP contribution >= 0.6 is 11.8 Å². The summed E-state index contributed by atoms with van der Waals surface area (Å²) in [4.78, 5) is 17.1. The molecule has 1 aromatic heterocycles. The number of ether oxygens (including phenoxy) is 1. The predicted octanol–water partition coefficient (Wildman–Crippen LogP) is 4.77. The highest BCUT2D eigenvalue weighted by Gasteiger charge is 2.36. The summed E-state index contributed by atoms with van der Waals surface area (Å²) in [5.41, 5.74) is 4.80. The number of para-hydroxylation sites is 2. The number of aryl methyl sites for hydroxylation is 1. The van der Waals surface area contributed by atoms with Crippen LogP contribution in [0.1, 0.15) is 22.5 Å². The molecule has 1 amide bonds. The molecule has 0 unspecified atom stereocenters. The number of hydrazone groups is 1. The summed E-state index contributed by atoms with van der Waals surface area (Å²) in [6.45, 7) is 3.98. The second-order valence-corrected chi connectivity index (χ2v) is 8.58. The maximum Gasteiger partial charge on any atom is 0.283 e. The van der Waals surface area contributed by atoms with Crippen molar-refractivity contribution in [3.05, 3.63) is 88.8 Å². The monoisotopic (exact) mass is 455 g/mol. The number of amidine groups is 2. The molecule has 8 heteroatoms. The van der Waals surface area contributed by atoms with E-state index in [9.17, 15) is 4.79 Å². The molecule has 0 fully saturated rings. The van der Waals surface area contributed by atoms with Gasteiger partial charge in [0.05, 0.1) is 18.4 Å². The first-order valence-electron chi connectivity index (χ1n) is 10.4. The molecule has 0 saturated heterocycles. The van der Waals surface area contributed by atoms with Crippen molar-refractivity contribution in [2.75, 3.05) is 7.11 Å². The fourth-order valence-corrected chi connectivity index (χ4v) is 4.86. The van der Waals surface area contributed by atoms with Gasteiger partial charge >= 0.3 is 0 Å². The lowest BCUT2D eigenvalue weighted by Gasteiger charge is -2.20. The Morgan fingerprint density at radius 1 is 1.06 bits per heavy atom. The Labute approximate surface area is 195 Å². The van der Waals surface area contributed by atoms with Gasteiger partial charge in [-0.3, -0.25) is 10.2 Å². The first-order chi connectivity index (χ1) is 16.0. The number of rotatable bonds is 4. The second-order valence-electron chi connectivity index (χ2n) is 7.62. The van der Waals surface area contributed by atoms with Gasteiger partial charge in [0, 0.05) is 17.0 Å². The number of nitrogens with zero attached hydrogens (tertiary/aromatic N) is 4. The molecular formula is C25H21N5O2S. The number of amides is 1. The summed E-state index contributed by atoms with van der Waals surface area (Å²) in [6, 6.07) is 19.5. The van der Waals surface area contributed by atoms with E-state index >= 15 is 0 Å². The van der Waals surface area contributed by atoms with Crippen molar-refractivity contribution < 1.29 is 9.53 Å². The lowest BCUT2D eigenvalue weighted by atomic mass is 10.1. The van der Waals surface area contributed by atoms with E-state index in [1.807, 2.05) is 74.5 Å². The van der Waals surface area contributed by atoms with Gasteiger partial charge in [-0.25, -0.2) is 0 Å². The first-order valence-corrected chi connectivity index (χ1v) is 11.2. The Kier molecular flexibility index (Phi) is 5.22. The van der Waals surface area contributed by atoms with Gasteiger partial charge in [-0.15, -0.1) is 0 Å². The molecule has 0 spiro atoms. The molecule has 5 rings (SSSR count). The average molecular weight is 456 g/mol. The van der Waals surface area contributed by atoms with E-state index in [4.69, 9.17) is 10.1 Å². The number of benzene rings is 2. The van der Waals surface area contributed by atoms with Crippen LogP contribution in [0.3, 0.4) is 0 Å². The van der Waals surface area contributed by atoms with Gasteiger partial charge in [0.2, 0.25) is 5.17 Å². The third kappa shape index (κ3) is 3.58. The number of hydrogen-bond acceptors (Lipinski definition) is 5. The van der Waals surface area contributed by atoms with E-state index in [1.54, 1.807) is 13.2 Å². The summed E-state index contributed by atoms with van der Waals surface area (Å²) in [7, 11) is 1.64. The van der Waals surface area contributed by atoms with Gasteiger partial charge in [0.15, 0.2) is 5.84 Å². The van der Waals surface area contributed by atoms with Crippen molar-refractivity contribution >= 4 is 39.8 Å². The van der Waals surface area contributed by atoms with Crippen molar-refractivity contribution in [1.29, 1.82) is 5.41 Å². The molecule has 0 aliphatic carbocycles. The fourth-order valence-electron chi connectivity index (χ4n) is 3.96. The maximum atomic E-state index is 12.9. The molecule has 3 aromatic rings. The molecule has 2 aliphatic heterocycles. The Balaban J connectivity index is 1.53. The van der Waals surface area contributed by atoms with Crippen LogP contribution < -0.4 is 4.74 Å². The number of thioether (sulfide) groups is 1. The largest absolute Gasteiger partial charge is 0.495 e. The summed E-state index contributed by atoms with van der Waals surface area (Å²) >= 11 is 1.29. The van der Waals surface area contributed by atoms with Crippen molar-refractivity contribution in [1.82, 2.24) is 9.58 Å². The molecular weight excluding hydrogens is 434 g/mol. The zero-order chi connectivity index (χ0) is 23.1. The molecule has 0 bridgehead atoms. The number of carbonyl (C=O) groups excluding carboxylic acids is 1. The summed E-state index contributed by atoms with van der Waals surface area (Å²) in [6.07, 6.45) is 1.72. The molecule has 1 N–H and O–H groups in total. The molecule has 33 heavy (non-hydrogen) atoms. The van der Waals surface area contributed by atoms with Gasteiger partial charge in [-0.1, -0.05) is 42.5 Å². The zero-order valence-corrected chi connectivity index (χ0v) is 19.2. The summed E-state index contributed by atoms with van der Waals surface area (Å²) in [5, 5.41) is 15.8. The van der Waals surface area contributed by atoms with Crippen molar-refractivity contribution in [2.45, 2.75) is 13.8 Å². The van der Waals surface area contributed by atoms with E-state index in [0.29, 0.717) is 10.2 Å². The van der Waals surface area contributed by atoms with Crippen LogP contribution in [-0.2, 0) is 4.79 Å². The van der Waals surface area contributed by atoms with Crippen LogP contribution in [0, 0.1) is 19.3 Å². The fraction of sp³-hybridized carbons (Fsp3) is 0.120. The molecule has 3 heterocycles. The SMILES string of the molecule is COc1ccccc1-n1c(C)cc(/C=C2\C(=N)N3N=C(c4ccccc4)SC3=NC2=O)c1C. The number of aliphatic imine (C=N–C) groups is 1. The van der Waals surface area contributed by atoms with Gasteiger partial charge in [-0.05, 0) is 55.4 Å². The molecule has 7 nitrogen and oxygen atoms in total. The Morgan fingerprint density at radius 3 is 2.55 bits per heavy atom. The minimum atomic E-state index is -0.439. The van der Waals surface area contributed by atoms with E-state index in [-0.39, 0.29) is 11.4 Å². The summed E-state index contributed by atoms with van der Waals surface area (Å²) in [5.74, 6) is 0.335. The predicted molar refractivity (Wildman–Crippen MR) is 132 cm³/mol. The van der Waals surface area contributed by atoms with Crippen LogP contribution in [0.25, 0.3) is 11.8 Å². The van der Waals surface area contributed by atoms with Crippen LogP contribution in [0.2, 0.25) is 0 Å². The van der Waals surface area contributed by atoms with Gasteiger partial charge in [-0.2, -0.15) is 15.1 Å². The molecule has 0 saturated carbocycles. The van der Waals surface area contributed by atoms with E-state index in [1.165, 1.54) is 16.8 Å². The third-order valence-corrected chi connectivity index (χ3v) is 6.53. The number of nitrogens with one attached hydrogen (secondary N) is 1. The second kappa shape index (κ2) is 8.22. The number of aromatic nitrogens is 1. The molecule has 0 atom stereocenters. The first kappa shape index (κ1) is 21.0. The molecule has 0 radical (unpaired) electrons. The highest BCUT2D eigenvalue weighted by Crippen LogP contribution is 2.32. The van der Waals surface area contributed by atoms with Crippen LogP contribution in [0.4, 0.5) is 0 Å². The number of methoxy groups -OCH3 is 1. The third-order valence-electron chi connectivity index (χ3n) is 5.57. The molecule has 164 valence electrons. The average Bonchev–Trinajstić information content (AvgIpc) is 3.37. The standard InChI is InChI=1S/C25H21N5O2S/c1-15-13-18(16(2)29(15)20-11-7-8-12-21(20)32-3)14-19-22(26)30-25(27-23(19)31)33-24(28-30)17-9-5-4-6-10-17/h4-14,26H,1-3H3/b19-14+,26-22?. The topological polar surface area (TPSA) is 83.0 Å². The Hall–Kier alpha value is -3.91. The van der Waals surface area contributed by atoms with Crippen molar-refractivity contribution in [2.24, 2.45) is 10.1 Å². The lowest BCUT2D eigenvalue weighted by molar-refractivity contribution is -0.114. The Bertz CT molecular complexity index is 1390. The number of hydrogen-bond donors (Lipinski definition) is 1. The molecule has 2 aromatic carbocycles. The minimum Gasteiger partial charge on any atom is -0.495 e. The van der Waals surface area contributed by atoms with Gasteiger partial charge in [0.25, 0.3) is 5.91 Å². The zero-order valence-electron chi connectivity index (χ0n) is 18.4. The number of carbonyl (C=O) groups is 1. The van der Waals surface area contributed by atoms with Gasteiger partial charge in [0.1, 0.15) is 10.8 Å². The van der Waals surface area contributed by atoms with Gasteiger partial charge < -0.3 is 9.30 Å².